The van der Waals surface area contributed by atoms with Crippen molar-refractivity contribution in [1.82, 2.24) is 5.32 Å². The summed E-state index contributed by atoms with van der Waals surface area (Å²) in [5, 5.41) is 4.64. The Morgan fingerprint density at radius 3 is 2.62 bits per heavy atom. The summed E-state index contributed by atoms with van der Waals surface area (Å²) >= 11 is 0. The van der Waals surface area contributed by atoms with Crippen molar-refractivity contribution >= 4 is 22.6 Å². The largest absolute Gasteiger partial charge is 0.449 e. The number of hydrogen-bond donors (Lipinski definition) is 1. The van der Waals surface area contributed by atoms with Gasteiger partial charge >= 0.3 is 5.97 Å². The van der Waals surface area contributed by atoms with Crippen molar-refractivity contribution in [3.05, 3.63) is 48.0 Å². The molecule has 4 nitrogen and oxygen atoms in total. The Morgan fingerprint density at radius 2 is 1.86 bits per heavy atom. The van der Waals surface area contributed by atoms with Gasteiger partial charge in [-0.25, -0.2) is 4.79 Å². The van der Waals surface area contributed by atoms with E-state index in [1.807, 2.05) is 36.4 Å². The third-order valence-corrected chi connectivity index (χ3v) is 3.59. The van der Waals surface area contributed by atoms with E-state index in [2.05, 4.69) is 5.32 Å². The van der Waals surface area contributed by atoms with E-state index in [1.54, 1.807) is 13.0 Å². The van der Waals surface area contributed by atoms with Crippen LogP contribution in [0.2, 0.25) is 0 Å². The van der Waals surface area contributed by atoms with E-state index in [1.165, 1.54) is 0 Å². The van der Waals surface area contributed by atoms with Crippen LogP contribution in [0.5, 0.6) is 0 Å². The van der Waals surface area contributed by atoms with Crippen LogP contribution in [0.25, 0.3) is 10.8 Å². The number of hydrogen-bond acceptors (Lipinski definition) is 3. The first-order valence-corrected chi connectivity index (χ1v) is 7.14. The summed E-state index contributed by atoms with van der Waals surface area (Å²) in [6, 6.07) is 13.3. The second kappa shape index (κ2) is 5.56. The molecule has 1 amide bonds. The van der Waals surface area contributed by atoms with Crippen molar-refractivity contribution < 1.29 is 14.3 Å². The molecule has 2 aromatic rings. The van der Waals surface area contributed by atoms with Crippen LogP contribution < -0.4 is 5.32 Å². The van der Waals surface area contributed by atoms with E-state index in [-0.39, 0.29) is 11.9 Å². The van der Waals surface area contributed by atoms with E-state index >= 15 is 0 Å². The van der Waals surface area contributed by atoms with E-state index in [0.29, 0.717) is 5.56 Å². The van der Waals surface area contributed by atoms with Crippen LogP contribution in [0, 0.1) is 0 Å². The number of esters is 1. The molecule has 0 bridgehead atoms. The smallest absolute Gasteiger partial charge is 0.339 e. The normalized spacial score (nSPS) is 15.5. The summed E-state index contributed by atoms with van der Waals surface area (Å²) in [4.78, 5) is 24.1. The summed E-state index contributed by atoms with van der Waals surface area (Å²) in [6.07, 6.45) is 1.24. The van der Waals surface area contributed by atoms with Gasteiger partial charge in [0.2, 0.25) is 0 Å². The van der Waals surface area contributed by atoms with E-state index in [0.717, 1.165) is 23.6 Å². The molecule has 0 saturated heterocycles. The molecule has 21 heavy (non-hydrogen) atoms. The molecule has 1 N–H and O–H groups in total. The Labute approximate surface area is 123 Å². The number of carbonyl (C=O) groups excluding carboxylic acids is 2. The fraction of sp³-hybridized carbons (Fsp3) is 0.294. The molecule has 2 aromatic carbocycles. The summed E-state index contributed by atoms with van der Waals surface area (Å²) in [5.74, 6) is -0.698. The van der Waals surface area contributed by atoms with Gasteiger partial charge in [-0.1, -0.05) is 36.4 Å². The monoisotopic (exact) mass is 283 g/mol. The zero-order valence-electron chi connectivity index (χ0n) is 11.8. The Bertz CT molecular complexity index is 686. The summed E-state index contributed by atoms with van der Waals surface area (Å²) < 4.78 is 5.28. The first-order valence-electron chi connectivity index (χ1n) is 7.14. The molecule has 1 saturated carbocycles. The van der Waals surface area contributed by atoms with Crippen LogP contribution >= 0.6 is 0 Å². The van der Waals surface area contributed by atoms with Gasteiger partial charge in [-0.15, -0.1) is 0 Å². The van der Waals surface area contributed by atoms with E-state index < -0.39 is 12.1 Å². The van der Waals surface area contributed by atoms with Crippen molar-refractivity contribution in [2.75, 3.05) is 0 Å². The number of fused-ring (bicyclic) bond motifs is 1. The topological polar surface area (TPSA) is 55.4 Å². The lowest BCUT2D eigenvalue weighted by atomic mass is 10.0. The molecular weight excluding hydrogens is 266 g/mol. The lowest BCUT2D eigenvalue weighted by Gasteiger charge is -2.14. The summed E-state index contributed by atoms with van der Waals surface area (Å²) in [7, 11) is 0. The fourth-order valence-corrected chi connectivity index (χ4v) is 2.23. The van der Waals surface area contributed by atoms with Gasteiger partial charge in [0, 0.05) is 6.04 Å². The predicted octanol–water partition coefficient (Wildman–Crippen LogP) is 2.66. The predicted molar refractivity (Wildman–Crippen MR) is 80.0 cm³/mol. The van der Waals surface area contributed by atoms with Gasteiger partial charge in [-0.05, 0) is 36.6 Å². The Hall–Kier alpha value is -2.36. The first kappa shape index (κ1) is 13.6. The van der Waals surface area contributed by atoms with E-state index in [4.69, 9.17) is 4.74 Å². The summed E-state index contributed by atoms with van der Waals surface area (Å²) in [6.45, 7) is 1.60. The highest BCUT2D eigenvalue weighted by molar-refractivity contribution is 6.05. The highest BCUT2D eigenvalue weighted by Gasteiger charge is 2.27. The maximum atomic E-state index is 12.3. The molecule has 1 aliphatic rings. The summed E-state index contributed by atoms with van der Waals surface area (Å²) in [5.41, 5.74) is 0.485. The van der Waals surface area contributed by atoms with Crippen LogP contribution in [0.15, 0.2) is 42.5 Å². The van der Waals surface area contributed by atoms with Crippen molar-refractivity contribution in [3.63, 3.8) is 0 Å². The maximum absolute atomic E-state index is 12.3. The maximum Gasteiger partial charge on any atom is 0.339 e. The van der Waals surface area contributed by atoms with Crippen LogP contribution in [0.4, 0.5) is 0 Å². The van der Waals surface area contributed by atoms with Gasteiger partial charge in [0.25, 0.3) is 5.91 Å². The van der Waals surface area contributed by atoms with Gasteiger partial charge in [-0.3, -0.25) is 4.79 Å². The lowest BCUT2D eigenvalue weighted by molar-refractivity contribution is -0.129. The van der Waals surface area contributed by atoms with Crippen molar-refractivity contribution in [2.45, 2.75) is 31.9 Å². The van der Waals surface area contributed by atoms with Crippen LogP contribution in [-0.4, -0.2) is 24.0 Å². The number of carbonyl (C=O) groups is 2. The first-order chi connectivity index (χ1) is 10.1. The average molecular weight is 283 g/mol. The molecule has 0 radical (unpaired) electrons. The van der Waals surface area contributed by atoms with Gasteiger partial charge in [0.05, 0.1) is 5.56 Å². The van der Waals surface area contributed by atoms with Crippen molar-refractivity contribution in [3.8, 4) is 0 Å². The number of amides is 1. The van der Waals surface area contributed by atoms with E-state index in [9.17, 15) is 9.59 Å². The van der Waals surface area contributed by atoms with Crippen LogP contribution in [0.3, 0.4) is 0 Å². The highest BCUT2D eigenvalue weighted by atomic mass is 16.5. The number of benzene rings is 2. The van der Waals surface area contributed by atoms with Crippen molar-refractivity contribution in [2.24, 2.45) is 0 Å². The van der Waals surface area contributed by atoms with Crippen LogP contribution in [-0.2, 0) is 9.53 Å². The number of nitrogens with one attached hydrogen (secondary N) is 1. The minimum Gasteiger partial charge on any atom is -0.449 e. The Balaban J connectivity index is 1.75. The molecule has 4 heteroatoms. The second-order valence-corrected chi connectivity index (χ2v) is 5.36. The average Bonchev–Trinajstić information content (AvgIpc) is 3.30. The molecule has 0 aromatic heterocycles. The molecule has 0 aliphatic heterocycles. The molecule has 0 heterocycles. The minimum absolute atomic E-state index is 0.230. The zero-order valence-corrected chi connectivity index (χ0v) is 11.8. The lowest BCUT2D eigenvalue weighted by Crippen LogP contribution is -2.37. The molecule has 1 atom stereocenters. The second-order valence-electron chi connectivity index (χ2n) is 5.36. The van der Waals surface area contributed by atoms with Gasteiger partial charge in [-0.2, -0.15) is 0 Å². The number of ether oxygens (including phenoxy) is 1. The van der Waals surface area contributed by atoms with Gasteiger partial charge in [0.1, 0.15) is 0 Å². The Morgan fingerprint density at radius 1 is 1.14 bits per heavy atom. The SMILES string of the molecule is C[C@@H](OC(=O)c1cccc2ccccc12)C(=O)NC1CC1. The van der Waals surface area contributed by atoms with Gasteiger partial charge in [0.15, 0.2) is 6.10 Å². The third-order valence-electron chi connectivity index (χ3n) is 3.59. The molecule has 0 unspecified atom stereocenters. The Kier molecular flexibility index (Phi) is 3.60. The quantitative estimate of drug-likeness (QED) is 0.878. The fourth-order valence-electron chi connectivity index (χ4n) is 2.23. The van der Waals surface area contributed by atoms with Gasteiger partial charge < -0.3 is 10.1 Å². The number of rotatable bonds is 4. The van der Waals surface area contributed by atoms with Crippen molar-refractivity contribution in [1.29, 1.82) is 0 Å². The minimum atomic E-state index is -0.780. The zero-order chi connectivity index (χ0) is 14.8. The molecular formula is C17H17NO3. The third kappa shape index (κ3) is 3.05. The standard InChI is InChI=1S/C17H17NO3/c1-11(16(19)18-13-9-10-13)21-17(20)15-8-4-6-12-5-2-3-7-14(12)15/h2-8,11,13H,9-10H2,1H3,(H,18,19)/t11-/m1/s1. The molecule has 1 aliphatic carbocycles. The molecule has 3 rings (SSSR count). The molecule has 0 spiro atoms. The highest BCUT2D eigenvalue weighted by Crippen LogP contribution is 2.21. The molecule has 1 fully saturated rings. The van der Waals surface area contributed by atoms with Crippen LogP contribution in [0.1, 0.15) is 30.1 Å². The molecule has 108 valence electrons.